The Kier molecular flexibility index (Phi) is 9.74. The van der Waals surface area contributed by atoms with Gasteiger partial charge in [0.25, 0.3) is 0 Å². The van der Waals surface area contributed by atoms with E-state index >= 15 is 0 Å². The van der Waals surface area contributed by atoms with Crippen LogP contribution in [-0.2, 0) is 22.4 Å². The van der Waals surface area contributed by atoms with Crippen molar-refractivity contribution in [3.8, 4) is 5.75 Å². The number of nitrogens with zero attached hydrogens (tertiary/aromatic N) is 1. The van der Waals surface area contributed by atoms with E-state index in [9.17, 15) is 14.4 Å². The smallest absolute Gasteiger partial charge is 0.404 e. The third-order valence-corrected chi connectivity index (χ3v) is 7.67. The van der Waals surface area contributed by atoms with Gasteiger partial charge in [-0.2, -0.15) is 0 Å². The Morgan fingerprint density at radius 2 is 1.84 bits per heavy atom. The molecule has 0 bridgehead atoms. The van der Waals surface area contributed by atoms with Crippen LogP contribution in [0.5, 0.6) is 5.75 Å². The van der Waals surface area contributed by atoms with E-state index in [1.54, 1.807) is 7.11 Å². The summed E-state index contributed by atoms with van der Waals surface area (Å²) in [5, 5.41) is 6.43. The molecule has 0 atom stereocenters. The molecule has 204 valence electrons. The molecule has 5 N–H and O–H groups in total. The number of ether oxygens (including phenoxy) is 2. The molecule has 0 radical (unpaired) electrons. The number of benzene rings is 2. The maximum absolute atomic E-state index is 12.4. The lowest BCUT2D eigenvalue weighted by Gasteiger charge is -2.30. The lowest BCUT2D eigenvalue weighted by atomic mass is 10.1. The molecular formula is C27H35N5O5S. The van der Waals surface area contributed by atoms with Gasteiger partial charge in [-0.25, -0.2) is 4.79 Å². The molecule has 3 aromatic rings. The summed E-state index contributed by atoms with van der Waals surface area (Å²) in [5.74, 6) is 0.665. The molecule has 1 aliphatic rings. The molecule has 2 heterocycles. The zero-order chi connectivity index (χ0) is 26.9. The first-order chi connectivity index (χ1) is 18.4. The first-order valence-corrected chi connectivity index (χ1v) is 13.7. The minimum Gasteiger partial charge on any atom is -0.495 e. The van der Waals surface area contributed by atoms with Gasteiger partial charge in [-0.3, -0.25) is 9.59 Å². The highest BCUT2D eigenvalue weighted by Crippen LogP contribution is 2.28. The summed E-state index contributed by atoms with van der Waals surface area (Å²) in [4.78, 5) is 40.0. The molecular weight excluding hydrogens is 506 g/mol. The van der Waals surface area contributed by atoms with Crippen molar-refractivity contribution in [1.82, 2.24) is 15.2 Å². The fourth-order valence-electron chi connectivity index (χ4n) is 4.66. The molecule has 4 rings (SSSR count). The Hall–Kier alpha value is -3.41. The maximum atomic E-state index is 12.4. The van der Waals surface area contributed by atoms with Gasteiger partial charge in [-0.15, -0.1) is 0 Å². The maximum Gasteiger partial charge on any atom is 0.404 e. The number of H-pyrrole nitrogens is 1. The van der Waals surface area contributed by atoms with Gasteiger partial charge >= 0.3 is 11.0 Å². The van der Waals surface area contributed by atoms with Gasteiger partial charge in [0.05, 0.1) is 11.8 Å². The largest absolute Gasteiger partial charge is 0.495 e. The Balaban J connectivity index is 1.13. The predicted octanol–water partition coefficient (Wildman–Crippen LogP) is 2.86. The zero-order valence-corrected chi connectivity index (χ0v) is 22.4. The number of carbonyl (C=O) groups is 2. The lowest BCUT2D eigenvalue weighted by molar-refractivity contribution is -0.116. The highest BCUT2D eigenvalue weighted by molar-refractivity contribution is 7.16. The van der Waals surface area contributed by atoms with Gasteiger partial charge in [0, 0.05) is 31.7 Å². The summed E-state index contributed by atoms with van der Waals surface area (Å²) in [7, 11) is 1.60. The molecule has 2 aromatic carbocycles. The second kappa shape index (κ2) is 13.4. The van der Waals surface area contributed by atoms with Gasteiger partial charge in [-0.1, -0.05) is 29.5 Å². The molecule has 0 aliphatic carbocycles. The molecule has 2 amide bonds. The quantitative estimate of drug-likeness (QED) is 0.259. The number of hydrogen-bond donors (Lipinski definition) is 4. The molecule has 0 spiro atoms. The van der Waals surface area contributed by atoms with Crippen LogP contribution >= 0.6 is 11.3 Å². The number of aromatic amines is 1. The van der Waals surface area contributed by atoms with Gasteiger partial charge in [0.15, 0.2) is 0 Å². The Morgan fingerprint density at radius 1 is 1.11 bits per heavy atom. The standard InChI is InChI=1S/C27H35N5O5S/c1-36-22-7-4-19(25-24(22)31-27(35)38-25)9-14-29-13-8-18-2-5-20(6-3-18)30-23(33)12-17-32-15-10-21(11-16-32)37-26(28)34/h2-7,21,29H,8-17H2,1H3,(H2,28,34)(H,30,33)(H,31,35). The van der Waals surface area contributed by atoms with E-state index in [0.29, 0.717) is 18.7 Å². The van der Waals surface area contributed by atoms with Crippen molar-refractivity contribution in [2.45, 2.75) is 38.2 Å². The number of nitrogens with two attached hydrogens (primary N) is 1. The monoisotopic (exact) mass is 541 g/mol. The summed E-state index contributed by atoms with van der Waals surface area (Å²) < 4.78 is 11.3. The van der Waals surface area contributed by atoms with Crippen LogP contribution in [-0.4, -0.2) is 67.8 Å². The van der Waals surface area contributed by atoms with E-state index in [1.807, 2.05) is 36.4 Å². The number of likely N-dealkylation sites (tertiary alicyclic amines) is 1. The Labute approximate surface area is 225 Å². The van der Waals surface area contributed by atoms with Gasteiger partial charge < -0.3 is 35.7 Å². The van der Waals surface area contributed by atoms with Crippen LogP contribution in [0.3, 0.4) is 0 Å². The van der Waals surface area contributed by atoms with Crippen LogP contribution in [0, 0.1) is 0 Å². The molecule has 11 heteroatoms. The van der Waals surface area contributed by atoms with Crippen molar-refractivity contribution in [2.24, 2.45) is 5.73 Å². The van der Waals surface area contributed by atoms with Crippen LogP contribution < -0.4 is 26.0 Å². The first kappa shape index (κ1) is 27.6. The molecule has 1 aliphatic heterocycles. The number of aromatic nitrogens is 1. The Bertz CT molecular complexity index is 1280. The van der Waals surface area contributed by atoms with E-state index in [-0.39, 0.29) is 16.9 Å². The molecule has 10 nitrogen and oxygen atoms in total. The molecule has 0 unspecified atom stereocenters. The highest BCUT2D eigenvalue weighted by Gasteiger charge is 2.21. The average Bonchev–Trinajstić information content (AvgIpc) is 3.30. The molecule has 1 saturated heterocycles. The fraction of sp³-hybridized carbons (Fsp3) is 0.444. The van der Waals surface area contributed by atoms with E-state index in [0.717, 1.165) is 73.3 Å². The van der Waals surface area contributed by atoms with Crippen molar-refractivity contribution in [2.75, 3.05) is 45.2 Å². The Morgan fingerprint density at radius 3 is 2.55 bits per heavy atom. The summed E-state index contributed by atoms with van der Waals surface area (Å²) >= 11 is 1.22. The van der Waals surface area contributed by atoms with Crippen LogP contribution in [0.4, 0.5) is 10.5 Å². The fourth-order valence-corrected chi connectivity index (χ4v) is 5.56. The number of anilines is 1. The molecule has 1 aromatic heterocycles. The topological polar surface area (TPSA) is 139 Å². The number of fused-ring (bicyclic) bond motifs is 1. The molecule has 38 heavy (non-hydrogen) atoms. The summed E-state index contributed by atoms with van der Waals surface area (Å²) in [6.45, 7) is 3.87. The van der Waals surface area contributed by atoms with Gasteiger partial charge in [-0.05, 0) is 68.1 Å². The third-order valence-electron chi connectivity index (χ3n) is 6.71. The SMILES string of the molecule is COc1ccc(CCNCCc2ccc(NC(=O)CCN3CCC(OC(N)=O)CC3)cc2)c2sc(=O)[nH]c12. The van der Waals surface area contributed by atoms with Crippen LogP contribution in [0.2, 0.25) is 0 Å². The van der Waals surface area contributed by atoms with Crippen LogP contribution in [0.1, 0.15) is 30.4 Å². The minimum atomic E-state index is -0.727. The summed E-state index contributed by atoms with van der Waals surface area (Å²) in [5.41, 5.74) is 8.94. The van der Waals surface area contributed by atoms with Crippen LogP contribution in [0.15, 0.2) is 41.2 Å². The number of amides is 2. The lowest BCUT2D eigenvalue weighted by Crippen LogP contribution is -2.39. The van der Waals surface area contributed by atoms with Crippen molar-refractivity contribution >= 4 is 39.2 Å². The van der Waals surface area contributed by atoms with Crippen molar-refractivity contribution in [3.63, 3.8) is 0 Å². The van der Waals surface area contributed by atoms with E-state index in [2.05, 4.69) is 20.5 Å². The number of piperidine rings is 1. The van der Waals surface area contributed by atoms with E-state index in [4.69, 9.17) is 15.2 Å². The number of methoxy groups -OCH3 is 1. The second-order valence-electron chi connectivity index (χ2n) is 9.37. The zero-order valence-electron chi connectivity index (χ0n) is 21.6. The summed E-state index contributed by atoms with van der Waals surface area (Å²) in [6.07, 6.45) is 2.73. The molecule has 1 fully saturated rings. The van der Waals surface area contributed by atoms with Crippen molar-refractivity contribution in [3.05, 3.63) is 57.2 Å². The number of rotatable bonds is 12. The van der Waals surface area contributed by atoms with Crippen molar-refractivity contribution < 1.29 is 19.1 Å². The number of nitrogens with one attached hydrogen (secondary N) is 3. The van der Waals surface area contributed by atoms with E-state index < -0.39 is 6.09 Å². The number of thiazole rings is 1. The van der Waals surface area contributed by atoms with E-state index in [1.165, 1.54) is 16.9 Å². The minimum absolute atomic E-state index is 0.0185. The predicted molar refractivity (Wildman–Crippen MR) is 149 cm³/mol. The normalized spacial score (nSPS) is 14.4. The van der Waals surface area contributed by atoms with Gasteiger partial charge in [0.2, 0.25) is 5.91 Å². The highest BCUT2D eigenvalue weighted by atomic mass is 32.1. The van der Waals surface area contributed by atoms with Crippen LogP contribution in [0.25, 0.3) is 10.2 Å². The average molecular weight is 542 g/mol. The summed E-state index contributed by atoms with van der Waals surface area (Å²) in [6, 6.07) is 11.8. The molecule has 0 saturated carbocycles. The number of primary amides is 1. The first-order valence-electron chi connectivity index (χ1n) is 12.9. The number of hydrogen-bond acceptors (Lipinski definition) is 8. The third kappa shape index (κ3) is 7.80. The number of carbonyl (C=O) groups excluding carboxylic acids is 2. The second-order valence-corrected chi connectivity index (χ2v) is 10.4. The van der Waals surface area contributed by atoms with Crippen molar-refractivity contribution in [1.29, 1.82) is 0 Å². The van der Waals surface area contributed by atoms with Gasteiger partial charge in [0.1, 0.15) is 17.4 Å².